The summed E-state index contributed by atoms with van der Waals surface area (Å²) in [6.07, 6.45) is 1.93. The van der Waals surface area contributed by atoms with Crippen molar-refractivity contribution in [3.8, 4) is 0 Å². The molecule has 2 heteroatoms. The molecule has 0 aromatic carbocycles. The van der Waals surface area contributed by atoms with Crippen LogP contribution in [-0.4, -0.2) is 22.9 Å². The van der Waals surface area contributed by atoms with Gasteiger partial charge in [-0.25, -0.2) is 0 Å². The molecule has 64 valence electrons. The van der Waals surface area contributed by atoms with E-state index in [1.54, 1.807) is 0 Å². The Morgan fingerprint density at radius 3 is 2.45 bits per heavy atom. The van der Waals surface area contributed by atoms with Crippen LogP contribution in [-0.2, 0) is 4.74 Å². The molecule has 2 rings (SSSR count). The van der Waals surface area contributed by atoms with E-state index in [1.165, 1.54) is 0 Å². The Morgan fingerprint density at radius 2 is 1.91 bits per heavy atom. The van der Waals surface area contributed by atoms with Crippen molar-refractivity contribution in [1.29, 1.82) is 0 Å². The molecule has 11 heavy (non-hydrogen) atoms. The predicted molar refractivity (Wildman–Crippen MR) is 42.3 cm³/mol. The number of aliphatic hydroxyl groups excluding tert-OH is 1. The van der Waals surface area contributed by atoms with Crippen LogP contribution in [0.2, 0.25) is 0 Å². The van der Waals surface area contributed by atoms with E-state index in [-0.39, 0.29) is 17.1 Å². The van der Waals surface area contributed by atoms with Crippen molar-refractivity contribution >= 4 is 0 Å². The maximum atomic E-state index is 9.53. The summed E-state index contributed by atoms with van der Waals surface area (Å²) < 4.78 is 5.59. The second-order valence-corrected chi connectivity index (χ2v) is 4.86. The molecule has 2 nitrogen and oxygen atoms in total. The lowest BCUT2D eigenvalue weighted by molar-refractivity contribution is 0.0697. The Morgan fingerprint density at radius 1 is 1.27 bits per heavy atom. The van der Waals surface area contributed by atoms with Gasteiger partial charge in [0.2, 0.25) is 0 Å². The van der Waals surface area contributed by atoms with Gasteiger partial charge >= 0.3 is 0 Å². The maximum absolute atomic E-state index is 9.53. The van der Waals surface area contributed by atoms with Crippen molar-refractivity contribution in [2.24, 2.45) is 5.41 Å². The van der Waals surface area contributed by atoms with E-state index in [2.05, 4.69) is 20.8 Å². The molecule has 0 aromatic rings. The van der Waals surface area contributed by atoms with Crippen LogP contribution in [0.3, 0.4) is 0 Å². The van der Waals surface area contributed by atoms with Crippen LogP contribution < -0.4 is 0 Å². The van der Waals surface area contributed by atoms with Crippen LogP contribution >= 0.6 is 0 Å². The highest BCUT2D eigenvalue weighted by Crippen LogP contribution is 2.55. The molecule has 2 fully saturated rings. The van der Waals surface area contributed by atoms with Gasteiger partial charge in [0.25, 0.3) is 0 Å². The summed E-state index contributed by atoms with van der Waals surface area (Å²) in [6.45, 7) is 6.44. The highest BCUT2D eigenvalue weighted by molar-refractivity contribution is 5.11. The molecule has 0 spiro atoms. The fraction of sp³-hybridized carbons (Fsp3) is 1.00. The number of fused-ring (bicyclic) bond motifs is 1. The lowest BCUT2D eigenvalue weighted by Crippen LogP contribution is -2.37. The van der Waals surface area contributed by atoms with Crippen molar-refractivity contribution in [2.45, 2.75) is 51.4 Å². The van der Waals surface area contributed by atoms with E-state index in [1.807, 2.05) is 0 Å². The molecule has 1 saturated carbocycles. The van der Waals surface area contributed by atoms with Gasteiger partial charge in [0.05, 0.1) is 17.8 Å². The molecule has 2 aliphatic rings. The molecular weight excluding hydrogens is 140 g/mol. The van der Waals surface area contributed by atoms with E-state index in [4.69, 9.17) is 4.74 Å². The Hall–Kier alpha value is -0.0800. The zero-order valence-electron chi connectivity index (χ0n) is 7.42. The van der Waals surface area contributed by atoms with Crippen LogP contribution in [0.5, 0.6) is 0 Å². The monoisotopic (exact) mass is 156 g/mol. The van der Waals surface area contributed by atoms with E-state index >= 15 is 0 Å². The van der Waals surface area contributed by atoms with E-state index in [0.29, 0.717) is 6.10 Å². The van der Waals surface area contributed by atoms with E-state index in [9.17, 15) is 5.11 Å². The molecule has 1 heterocycles. The van der Waals surface area contributed by atoms with Gasteiger partial charge in [-0.2, -0.15) is 0 Å². The number of hydrogen-bond donors (Lipinski definition) is 1. The van der Waals surface area contributed by atoms with Gasteiger partial charge in [-0.15, -0.1) is 0 Å². The topological polar surface area (TPSA) is 32.8 Å². The minimum absolute atomic E-state index is 0.00116. The molecule has 0 aromatic heterocycles. The van der Waals surface area contributed by atoms with Crippen molar-refractivity contribution < 1.29 is 9.84 Å². The fourth-order valence-electron chi connectivity index (χ4n) is 2.63. The molecule has 0 radical (unpaired) electrons. The number of ether oxygens (including phenoxy) is 1. The average Bonchev–Trinajstić information content (AvgIpc) is 2.37. The Bertz CT molecular complexity index is 188. The molecule has 1 aliphatic heterocycles. The smallest absolute Gasteiger partial charge is 0.0950 e. The molecule has 0 bridgehead atoms. The number of rotatable bonds is 0. The molecule has 3 atom stereocenters. The van der Waals surface area contributed by atoms with Crippen LogP contribution in [0, 0.1) is 5.41 Å². The Balaban J connectivity index is 2.18. The van der Waals surface area contributed by atoms with Crippen molar-refractivity contribution in [1.82, 2.24) is 0 Å². The molecule has 0 amide bonds. The van der Waals surface area contributed by atoms with Crippen molar-refractivity contribution in [3.63, 3.8) is 0 Å². The molecule has 3 unspecified atom stereocenters. The summed E-state index contributed by atoms with van der Waals surface area (Å²) in [5.74, 6) is 0. The highest BCUT2D eigenvalue weighted by Gasteiger charge is 2.63. The molecule has 1 aliphatic carbocycles. The molecule has 1 N–H and O–H groups in total. The second kappa shape index (κ2) is 1.80. The first-order chi connectivity index (χ1) is 4.94. The SMILES string of the molecule is CC1(C)CC(O)CC2(C)OC12. The third-order valence-corrected chi connectivity index (χ3v) is 3.00. The summed E-state index contributed by atoms with van der Waals surface area (Å²) in [6, 6.07) is 0. The summed E-state index contributed by atoms with van der Waals surface area (Å²) >= 11 is 0. The number of hydrogen-bond acceptors (Lipinski definition) is 2. The molecular formula is C9H16O2. The largest absolute Gasteiger partial charge is 0.393 e. The summed E-state index contributed by atoms with van der Waals surface area (Å²) in [4.78, 5) is 0. The third-order valence-electron chi connectivity index (χ3n) is 3.00. The van der Waals surface area contributed by atoms with Crippen LogP contribution in [0.4, 0.5) is 0 Å². The van der Waals surface area contributed by atoms with E-state index in [0.717, 1.165) is 12.8 Å². The summed E-state index contributed by atoms with van der Waals surface area (Å²) in [5, 5.41) is 9.53. The van der Waals surface area contributed by atoms with Gasteiger partial charge in [-0.3, -0.25) is 0 Å². The minimum Gasteiger partial charge on any atom is -0.393 e. The first-order valence-corrected chi connectivity index (χ1v) is 4.30. The fourth-order valence-corrected chi connectivity index (χ4v) is 2.63. The van der Waals surface area contributed by atoms with Crippen LogP contribution in [0.1, 0.15) is 33.6 Å². The van der Waals surface area contributed by atoms with Crippen molar-refractivity contribution in [3.05, 3.63) is 0 Å². The lowest BCUT2D eigenvalue weighted by Gasteiger charge is -2.32. The van der Waals surface area contributed by atoms with Gasteiger partial charge in [0.1, 0.15) is 0 Å². The van der Waals surface area contributed by atoms with Gasteiger partial charge in [-0.1, -0.05) is 13.8 Å². The van der Waals surface area contributed by atoms with Crippen LogP contribution in [0.25, 0.3) is 0 Å². The Labute approximate surface area is 67.6 Å². The summed E-state index contributed by atoms with van der Waals surface area (Å²) in [7, 11) is 0. The minimum atomic E-state index is -0.159. The lowest BCUT2D eigenvalue weighted by atomic mass is 9.72. The quantitative estimate of drug-likeness (QED) is 0.537. The molecule has 1 saturated heterocycles. The van der Waals surface area contributed by atoms with Gasteiger partial charge in [-0.05, 0) is 18.8 Å². The van der Waals surface area contributed by atoms with Crippen LogP contribution in [0.15, 0.2) is 0 Å². The number of aliphatic hydroxyl groups is 1. The third kappa shape index (κ3) is 1.00. The zero-order chi connectivity index (χ0) is 8.28. The van der Waals surface area contributed by atoms with E-state index < -0.39 is 0 Å². The van der Waals surface area contributed by atoms with Gasteiger partial charge < -0.3 is 9.84 Å². The standard InChI is InChI=1S/C9H16O2/c1-8(2)4-6(10)5-9(3)7(8)11-9/h6-7,10H,4-5H2,1-3H3. The van der Waals surface area contributed by atoms with Crippen molar-refractivity contribution in [2.75, 3.05) is 0 Å². The summed E-state index contributed by atoms with van der Waals surface area (Å²) in [5.41, 5.74) is 0.174. The second-order valence-electron chi connectivity index (χ2n) is 4.86. The first kappa shape index (κ1) is 7.56. The average molecular weight is 156 g/mol. The Kier molecular flexibility index (Phi) is 1.24. The first-order valence-electron chi connectivity index (χ1n) is 4.30. The predicted octanol–water partition coefficient (Wildman–Crippen LogP) is 1.32. The zero-order valence-corrected chi connectivity index (χ0v) is 7.42. The number of epoxide rings is 1. The van der Waals surface area contributed by atoms with Gasteiger partial charge in [0, 0.05) is 6.42 Å². The maximum Gasteiger partial charge on any atom is 0.0950 e. The normalized spacial score (nSPS) is 53.5. The van der Waals surface area contributed by atoms with Gasteiger partial charge in [0.15, 0.2) is 0 Å². The highest BCUT2D eigenvalue weighted by atomic mass is 16.6.